The van der Waals surface area contributed by atoms with Crippen molar-refractivity contribution in [1.82, 2.24) is 41.2 Å². The summed E-state index contributed by atoms with van der Waals surface area (Å²) >= 11 is 2.89. The lowest BCUT2D eigenvalue weighted by atomic mass is 9.98. The number of methoxy groups -OCH3 is 1. The minimum absolute atomic E-state index is 0.0792. The molecule has 6 N–H and O–H groups in total. The molecule has 1 aliphatic heterocycles. The Labute approximate surface area is 207 Å². The normalized spacial score (nSPS) is 13.5. The predicted octanol–water partition coefficient (Wildman–Crippen LogP) is 1.34. The van der Waals surface area contributed by atoms with Crippen LogP contribution < -0.4 is 15.8 Å². The summed E-state index contributed by atoms with van der Waals surface area (Å²) in [6.45, 7) is 1.62. The molecule has 180 valence electrons. The van der Waals surface area contributed by atoms with Crippen LogP contribution in [0.2, 0.25) is 0 Å². The van der Waals surface area contributed by atoms with Gasteiger partial charge in [0.15, 0.2) is 5.82 Å². The highest BCUT2D eigenvalue weighted by Crippen LogP contribution is 2.44. The summed E-state index contributed by atoms with van der Waals surface area (Å²) in [6, 6.07) is 9.62. The van der Waals surface area contributed by atoms with E-state index < -0.39 is 11.9 Å². The maximum Gasteiger partial charge on any atom is 0.325 e. The Morgan fingerprint density at radius 1 is 1.23 bits per heavy atom. The number of aromatic nitrogens is 6. The van der Waals surface area contributed by atoms with Crippen molar-refractivity contribution in [2.24, 2.45) is 5.14 Å². The molecule has 1 aliphatic rings. The summed E-state index contributed by atoms with van der Waals surface area (Å²) in [5, 5.41) is 27.1. The zero-order valence-electron chi connectivity index (χ0n) is 18.5. The standard InChI is InChI=1S/C21H21N9O3S2/c1-33-15(31)9-24-21(32)20-25-13-4-2-3-12(17(13)26-20)11-5-6-14(34-10-7-23-8-10)18(35-22)16(11)19-27-29-30-28-19/h2-6,10,23H,7-9,22H2,1H3,(H,24,32)(H,25,26)(H,27,28,29,30). The number of imidazole rings is 1. The number of nitrogens with zero attached hydrogens (tertiary/aromatic N) is 4. The first-order chi connectivity index (χ1) is 17.1. The van der Waals surface area contributed by atoms with Gasteiger partial charge < -0.3 is 20.4 Å². The molecular formula is C21H21N9O3S2. The van der Waals surface area contributed by atoms with Crippen LogP contribution in [0.3, 0.4) is 0 Å². The van der Waals surface area contributed by atoms with Gasteiger partial charge in [-0.05, 0) is 34.9 Å². The number of amides is 1. The number of para-hydroxylation sites is 1. The van der Waals surface area contributed by atoms with Gasteiger partial charge in [-0.2, -0.15) is 5.21 Å². The van der Waals surface area contributed by atoms with Crippen molar-refractivity contribution in [3.8, 4) is 22.5 Å². The third kappa shape index (κ3) is 4.60. The molecule has 1 amide bonds. The van der Waals surface area contributed by atoms with Crippen LogP contribution in [0.25, 0.3) is 33.5 Å². The summed E-state index contributed by atoms with van der Waals surface area (Å²) < 4.78 is 4.57. The van der Waals surface area contributed by atoms with E-state index in [1.54, 1.807) is 11.8 Å². The fraction of sp³-hybridized carbons (Fsp3) is 0.238. The van der Waals surface area contributed by atoms with Crippen LogP contribution in [-0.2, 0) is 9.53 Å². The summed E-state index contributed by atoms with van der Waals surface area (Å²) in [4.78, 5) is 33.3. The monoisotopic (exact) mass is 511 g/mol. The number of carbonyl (C=O) groups is 2. The summed E-state index contributed by atoms with van der Waals surface area (Å²) in [7, 11) is 1.25. The number of esters is 1. The molecular weight excluding hydrogens is 490 g/mol. The van der Waals surface area contributed by atoms with E-state index in [9.17, 15) is 9.59 Å². The minimum Gasteiger partial charge on any atom is -0.468 e. The first kappa shape index (κ1) is 23.3. The molecule has 0 unspecified atom stereocenters. The molecule has 0 atom stereocenters. The quantitative estimate of drug-likeness (QED) is 0.170. The average Bonchev–Trinajstić information content (AvgIpc) is 3.54. The second kappa shape index (κ2) is 10.0. The number of nitrogens with two attached hydrogens (primary N) is 1. The summed E-state index contributed by atoms with van der Waals surface area (Å²) in [5.74, 6) is -0.585. The van der Waals surface area contributed by atoms with Crippen molar-refractivity contribution in [1.29, 1.82) is 0 Å². The summed E-state index contributed by atoms with van der Waals surface area (Å²) in [6.07, 6.45) is 0. The third-order valence-corrected chi connectivity index (χ3v) is 7.53. The molecule has 2 aromatic heterocycles. The highest BCUT2D eigenvalue weighted by molar-refractivity contribution is 8.02. The van der Waals surface area contributed by atoms with E-state index in [2.05, 4.69) is 46.0 Å². The topological polar surface area (TPSA) is 177 Å². The third-order valence-electron chi connectivity index (χ3n) is 5.48. The molecule has 14 heteroatoms. The Kier molecular flexibility index (Phi) is 6.68. The molecule has 0 aliphatic carbocycles. The highest BCUT2D eigenvalue weighted by atomic mass is 32.2. The number of thioether (sulfide) groups is 1. The van der Waals surface area contributed by atoms with E-state index >= 15 is 0 Å². The number of hydrogen-bond donors (Lipinski definition) is 5. The number of carbonyl (C=O) groups excluding carboxylic acids is 2. The number of ether oxygens (including phenoxy) is 1. The second-order valence-corrected chi connectivity index (χ2v) is 9.60. The van der Waals surface area contributed by atoms with Gasteiger partial charge in [0.25, 0.3) is 5.91 Å². The van der Waals surface area contributed by atoms with Gasteiger partial charge in [0.1, 0.15) is 6.54 Å². The van der Waals surface area contributed by atoms with Gasteiger partial charge in [-0.25, -0.2) is 4.98 Å². The maximum atomic E-state index is 12.5. The Bertz CT molecular complexity index is 1390. The van der Waals surface area contributed by atoms with E-state index in [1.165, 1.54) is 7.11 Å². The van der Waals surface area contributed by atoms with Crippen molar-refractivity contribution < 1.29 is 14.3 Å². The van der Waals surface area contributed by atoms with Gasteiger partial charge in [-0.1, -0.05) is 18.2 Å². The van der Waals surface area contributed by atoms with Crippen LogP contribution in [0.15, 0.2) is 40.1 Å². The molecule has 1 fully saturated rings. The lowest BCUT2D eigenvalue weighted by molar-refractivity contribution is -0.139. The van der Waals surface area contributed by atoms with Gasteiger partial charge in [0.2, 0.25) is 5.82 Å². The van der Waals surface area contributed by atoms with Crippen molar-refractivity contribution in [2.75, 3.05) is 26.7 Å². The number of rotatable bonds is 8. The molecule has 0 spiro atoms. The Hall–Kier alpha value is -3.46. The molecule has 5 rings (SSSR count). The molecule has 3 heterocycles. The number of fused-ring (bicyclic) bond motifs is 1. The Morgan fingerprint density at radius 3 is 2.77 bits per heavy atom. The van der Waals surface area contributed by atoms with E-state index in [0.29, 0.717) is 22.1 Å². The van der Waals surface area contributed by atoms with Gasteiger partial charge in [0.05, 0.1) is 18.1 Å². The average molecular weight is 512 g/mol. The number of H-pyrrole nitrogens is 2. The highest BCUT2D eigenvalue weighted by Gasteiger charge is 2.25. The smallest absolute Gasteiger partial charge is 0.325 e. The molecule has 0 bridgehead atoms. The fourth-order valence-electron chi connectivity index (χ4n) is 3.68. The van der Waals surface area contributed by atoms with Crippen LogP contribution in [0.5, 0.6) is 0 Å². The van der Waals surface area contributed by atoms with Gasteiger partial charge in [-0.3, -0.25) is 14.7 Å². The maximum absolute atomic E-state index is 12.5. The van der Waals surface area contributed by atoms with E-state index in [1.807, 2.05) is 30.3 Å². The molecule has 12 nitrogen and oxygen atoms in total. The number of nitrogens with one attached hydrogen (secondary N) is 4. The van der Waals surface area contributed by atoms with Crippen LogP contribution >= 0.6 is 23.7 Å². The fourth-order valence-corrected chi connectivity index (χ4v) is 5.59. The molecule has 4 aromatic rings. The van der Waals surface area contributed by atoms with Crippen LogP contribution in [-0.4, -0.2) is 74.5 Å². The Morgan fingerprint density at radius 2 is 2.09 bits per heavy atom. The van der Waals surface area contributed by atoms with Crippen LogP contribution in [0, 0.1) is 0 Å². The Balaban J connectivity index is 1.60. The molecule has 0 saturated carbocycles. The SMILES string of the molecule is COC(=O)CNC(=O)c1nc2c(-c3ccc(SC4CNC4)c(SN)c3-c3nn[nH]n3)cccc2[nH]1. The first-order valence-corrected chi connectivity index (χ1v) is 12.3. The first-order valence-electron chi connectivity index (χ1n) is 10.6. The largest absolute Gasteiger partial charge is 0.468 e. The van der Waals surface area contributed by atoms with Crippen molar-refractivity contribution in [3.63, 3.8) is 0 Å². The number of benzene rings is 2. The van der Waals surface area contributed by atoms with Crippen LogP contribution in [0.4, 0.5) is 0 Å². The second-order valence-electron chi connectivity index (χ2n) is 7.61. The van der Waals surface area contributed by atoms with E-state index in [0.717, 1.165) is 51.5 Å². The van der Waals surface area contributed by atoms with Crippen molar-refractivity contribution in [2.45, 2.75) is 15.0 Å². The number of hydrogen-bond acceptors (Lipinski definition) is 11. The van der Waals surface area contributed by atoms with Crippen LogP contribution in [0.1, 0.15) is 10.6 Å². The molecule has 35 heavy (non-hydrogen) atoms. The van der Waals surface area contributed by atoms with Crippen molar-refractivity contribution >= 4 is 46.6 Å². The minimum atomic E-state index is -0.553. The lowest BCUT2D eigenvalue weighted by Gasteiger charge is -2.27. The van der Waals surface area contributed by atoms with Gasteiger partial charge in [0, 0.05) is 39.3 Å². The number of aromatic amines is 2. The zero-order chi connectivity index (χ0) is 24.4. The molecule has 1 saturated heterocycles. The molecule has 2 aromatic carbocycles. The van der Waals surface area contributed by atoms with E-state index in [-0.39, 0.29) is 12.4 Å². The number of tetrazole rings is 1. The van der Waals surface area contributed by atoms with Crippen molar-refractivity contribution in [3.05, 3.63) is 36.2 Å². The van der Waals surface area contributed by atoms with E-state index in [4.69, 9.17) is 5.14 Å². The predicted molar refractivity (Wildman–Crippen MR) is 132 cm³/mol. The van der Waals surface area contributed by atoms with Gasteiger partial charge in [-0.15, -0.1) is 22.0 Å². The summed E-state index contributed by atoms with van der Waals surface area (Å²) in [5.41, 5.74) is 3.54. The van der Waals surface area contributed by atoms with Gasteiger partial charge >= 0.3 is 5.97 Å². The lowest BCUT2D eigenvalue weighted by Crippen LogP contribution is -2.44. The molecule has 0 radical (unpaired) electrons. The zero-order valence-corrected chi connectivity index (χ0v) is 20.1.